The Kier molecular flexibility index (Phi) is 3.80. The fraction of sp³-hybridized carbons (Fsp3) is 0. The second-order valence-electron chi connectivity index (χ2n) is 4.13. The topological polar surface area (TPSA) is 43.6 Å². The molecule has 2 aromatic heterocycles. The Labute approximate surface area is 134 Å². The number of halogens is 4. The average molecular weight is 344 g/mol. The van der Waals surface area contributed by atoms with Crippen molar-refractivity contribution in [1.82, 2.24) is 20.0 Å². The zero-order valence-electron chi connectivity index (χ0n) is 10.3. The summed E-state index contributed by atoms with van der Waals surface area (Å²) in [6.07, 6.45) is 3.94. The van der Waals surface area contributed by atoms with Gasteiger partial charge in [0.15, 0.2) is 11.0 Å². The van der Waals surface area contributed by atoms with Gasteiger partial charge >= 0.3 is 0 Å². The standard InChI is InChI=1S/C13H6Cl3FN4/c14-7-1-2-11(21-6-12(16)19-20-21)8(3-7)13-9(15)4-18-5-10(13)17/h1-6H. The second kappa shape index (κ2) is 5.60. The monoisotopic (exact) mass is 342 g/mol. The first-order valence-electron chi connectivity index (χ1n) is 5.73. The molecule has 21 heavy (non-hydrogen) atoms. The van der Waals surface area contributed by atoms with Crippen LogP contribution in [0.1, 0.15) is 0 Å². The third-order valence-corrected chi connectivity index (χ3v) is 3.49. The van der Waals surface area contributed by atoms with Crippen LogP contribution in [0.3, 0.4) is 0 Å². The van der Waals surface area contributed by atoms with Crippen LogP contribution >= 0.6 is 34.8 Å². The quantitative estimate of drug-likeness (QED) is 0.691. The molecular formula is C13H6Cl3FN4. The van der Waals surface area contributed by atoms with E-state index in [0.29, 0.717) is 16.3 Å². The van der Waals surface area contributed by atoms with E-state index in [2.05, 4.69) is 15.3 Å². The van der Waals surface area contributed by atoms with E-state index in [9.17, 15) is 4.39 Å². The van der Waals surface area contributed by atoms with Gasteiger partial charge in [-0.1, -0.05) is 40.0 Å². The molecule has 0 aliphatic carbocycles. The van der Waals surface area contributed by atoms with Crippen LogP contribution in [0.5, 0.6) is 0 Å². The van der Waals surface area contributed by atoms with Crippen LogP contribution in [-0.2, 0) is 0 Å². The number of hydrogen-bond acceptors (Lipinski definition) is 3. The predicted molar refractivity (Wildman–Crippen MR) is 79.6 cm³/mol. The van der Waals surface area contributed by atoms with Gasteiger partial charge in [0.2, 0.25) is 0 Å². The highest BCUT2D eigenvalue weighted by atomic mass is 35.5. The molecule has 0 atom stereocenters. The van der Waals surface area contributed by atoms with E-state index in [4.69, 9.17) is 34.8 Å². The molecule has 4 nitrogen and oxygen atoms in total. The Morgan fingerprint density at radius 3 is 2.57 bits per heavy atom. The summed E-state index contributed by atoms with van der Waals surface area (Å²) in [5.41, 5.74) is 1.20. The molecule has 0 unspecified atom stereocenters. The summed E-state index contributed by atoms with van der Waals surface area (Å²) in [6.45, 7) is 0. The summed E-state index contributed by atoms with van der Waals surface area (Å²) >= 11 is 17.8. The van der Waals surface area contributed by atoms with Crippen LogP contribution in [0.2, 0.25) is 15.2 Å². The Bertz CT molecular complexity index is 799. The van der Waals surface area contributed by atoms with Crippen LogP contribution in [0.15, 0.2) is 36.8 Å². The molecule has 0 amide bonds. The molecule has 0 N–H and O–H groups in total. The van der Waals surface area contributed by atoms with Crippen LogP contribution < -0.4 is 0 Å². The van der Waals surface area contributed by atoms with Gasteiger partial charge in [0.1, 0.15) is 0 Å². The van der Waals surface area contributed by atoms with Gasteiger partial charge in [0.05, 0.1) is 23.1 Å². The minimum atomic E-state index is -0.558. The number of hydrogen-bond donors (Lipinski definition) is 0. The third kappa shape index (κ3) is 2.72. The molecule has 0 spiro atoms. The molecule has 1 aromatic carbocycles. The number of pyridine rings is 1. The predicted octanol–water partition coefficient (Wildman–Crippen LogP) is 4.43. The average Bonchev–Trinajstić information content (AvgIpc) is 2.85. The van der Waals surface area contributed by atoms with Gasteiger partial charge in [-0.05, 0) is 18.2 Å². The van der Waals surface area contributed by atoms with E-state index in [1.54, 1.807) is 18.2 Å². The number of aromatic nitrogens is 4. The summed E-state index contributed by atoms with van der Waals surface area (Å²) < 4.78 is 15.5. The molecule has 3 rings (SSSR count). The van der Waals surface area contributed by atoms with Crippen LogP contribution in [-0.4, -0.2) is 20.0 Å². The van der Waals surface area contributed by atoms with Crippen molar-refractivity contribution in [2.45, 2.75) is 0 Å². The van der Waals surface area contributed by atoms with Gasteiger partial charge in [0, 0.05) is 22.3 Å². The SMILES string of the molecule is Fc1cncc(Cl)c1-c1cc(Cl)ccc1-n1cc(Cl)nn1. The van der Waals surface area contributed by atoms with Crippen molar-refractivity contribution in [1.29, 1.82) is 0 Å². The first kappa shape index (κ1) is 14.3. The van der Waals surface area contributed by atoms with Gasteiger partial charge in [-0.15, -0.1) is 5.10 Å². The molecule has 8 heteroatoms. The summed E-state index contributed by atoms with van der Waals surface area (Å²) in [6, 6.07) is 4.93. The normalized spacial score (nSPS) is 10.9. The molecule has 0 bridgehead atoms. The zero-order chi connectivity index (χ0) is 15.0. The largest absolute Gasteiger partial charge is 0.260 e. The van der Waals surface area contributed by atoms with Crippen molar-refractivity contribution in [3.8, 4) is 16.8 Å². The van der Waals surface area contributed by atoms with Gasteiger partial charge in [-0.3, -0.25) is 4.98 Å². The van der Waals surface area contributed by atoms with Crippen molar-refractivity contribution < 1.29 is 4.39 Å². The molecule has 0 fully saturated rings. The molecule has 106 valence electrons. The van der Waals surface area contributed by atoms with E-state index in [1.165, 1.54) is 17.1 Å². The lowest BCUT2D eigenvalue weighted by atomic mass is 10.0. The van der Waals surface area contributed by atoms with Crippen molar-refractivity contribution >= 4 is 34.8 Å². The number of benzene rings is 1. The highest BCUT2D eigenvalue weighted by Crippen LogP contribution is 2.35. The molecule has 3 aromatic rings. The summed E-state index contributed by atoms with van der Waals surface area (Å²) in [5, 5.41) is 8.40. The summed E-state index contributed by atoms with van der Waals surface area (Å²) in [7, 11) is 0. The van der Waals surface area contributed by atoms with Gasteiger partial charge < -0.3 is 0 Å². The zero-order valence-corrected chi connectivity index (χ0v) is 12.5. The highest BCUT2D eigenvalue weighted by Gasteiger charge is 2.16. The lowest BCUT2D eigenvalue weighted by Crippen LogP contribution is -2.00. The fourth-order valence-electron chi connectivity index (χ4n) is 1.94. The lowest BCUT2D eigenvalue weighted by Gasteiger charge is -2.11. The fourth-order valence-corrected chi connectivity index (χ4v) is 2.48. The molecule has 0 aliphatic rings. The summed E-state index contributed by atoms with van der Waals surface area (Å²) in [5.74, 6) is -0.558. The molecule has 0 saturated heterocycles. The van der Waals surface area contributed by atoms with Gasteiger partial charge in [0.25, 0.3) is 0 Å². The van der Waals surface area contributed by atoms with Crippen LogP contribution in [0.4, 0.5) is 4.39 Å². The maximum Gasteiger partial charge on any atom is 0.171 e. The molecule has 0 saturated carbocycles. The minimum Gasteiger partial charge on any atom is -0.260 e. The van der Waals surface area contributed by atoms with E-state index in [-0.39, 0.29) is 15.7 Å². The minimum absolute atomic E-state index is 0.171. The van der Waals surface area contributed by atoms with E-state index in [1.807, 2.05) is 0 Å². The maximum absolute atomic E-state index is 14.1. The van der Waals surface area contributed by atoms with Crippen LogP contribution in [0, 0.1) is 5.82 Å². The molecule has 0 aliphatic heterocycles. The van der Waals surface area contributed by atoms with Crippen molar-refractivity contribution in [2.75, 3.05) is 0 Å². The van der Waals surface area contributed by atoms with Crippen molar-refractivity contribution in [3.63, 3.8) is 0 Å². The smallest absolute Gasteiger partial charge is 0.171 e. The Morgan fingerprint density at radius 2 is 1.90 bits per heavy atom. The second-order valence-corrected chi connectivity index (χ2v) is 5.36. The van der Waals surface area contributed by atoms with E-state index >= 15 is 0 Å². The van der Waals surface area contributed by atoms with Crippen molar-refractivity contribution in [3.05, 3.63) is 57.8 Å². The van der Waals surface area contributed by atoms with Gasteiger partial charge in [-0.2, -0.15) is 0 Å². The first-order chi connectivity index (χ1) is 10.1. The van der Waals surface area contributed by atoms with Crippen LogP contribution in [0.25, 0.3) is 16.8 Å². The Balaban J connectivity index is 2.29. The third-order valence-electron chi connectivity index (χ3n) is 2.79. The first-order valence-corrected chi connectivity index (χ1v) is 6.87. The molecule has 0 radical (unpaired) electrons. The number of nitrogens with zero attached hydrogens (tertiary/aromatic N) is 4. The highest BCUT2D eigenvalue weighted by molar-refractivity contribution is 6.34. The van der Waals surface area contributed by atoms with E-state index in [0.717, 1.165) is 6.20 Å². The van der Waals surface area contributed by atoms with Gasteiger partial charge in [-0.25, -0.2) is 9.07 Å². The van der Waals surface area contributed by atoms with Crippen molar-refractivity contribution in [2.24, 2.45) is 0 Å². The maximum atomic E-state index is 14.1. The lowest BCUT2D eigenvalue weighted by molar-refractivity contribution is 0.625. The van der Waals surface area contributed by atoms with E-state index < -0.39 is 5.82 Å². The Hall–Kier alpha value is -1.69. The Morgan fingerprint density at radius 1 is 1.10 bits per heavy atom. The molecular weight excluding hydrogens is 338 g/mol. The number of rotatable bonds is 2. The molecule has 2 heterocycles. The summed E-state index contributed by atoms with van der Waals surface area (Å²) in [4.78, 5) is 3.70.